The van der Waals surface area contributed by atoms with Gasteiger partial charge >= 0.3 is 0 Å². The maximum Gasteiger partial charge on any atom is 0.258 e. The summed E-state index contributed by atoms with van der Waals surface area (Å²) in [5.41, 5.74) is 3.71. The number of nitrogens with one attached hydrogen (secondary N) is 2. The number of para-hydroxylation sites is 1. The topological polar surface area (TPSA) is 71.9 Å². The van der Waals surface area contributed by atoms with E-state index in [0.717, 1.165) is 16.5 Å². The number of carbonyl (C=O) groups excluding carboxylic acids is 1. The third-order valence-corrected chi connectivity index (χ3v) is 5.83. The Morgan fingerprint density at radius 3 is 2.53 bits per heavy atom. The van der Waals surface area contributed by atoms with Gasteiger partial charge in [0.25, 0.3) is 5.91 Å². The third-order valence-electron chi connectivity index (χ3n) is 5.83. The first-order chi connectivity index (χ1) is 17.5. The summed E-state index contributed by atoms with van der Waals surface area (Å²) in [4.78, 5) is 16.3. The van der Waals surface area contributed by atoms with Crippen molar-refractivity contribution in [2.24, 2.45) is 0 Å². The molecule has 6 nitrogen and oxygen atoms in total. The van der Waals surface area contributed by atoms with Gasteiger partial charge in [-0.3, -0.25) is 9.48 Å². The van der Waals surface area contributed by atoms with Crippen molar-refractivity contribution in [1.29, 1.82) is 0 Å². The van der Waals surface area contributed by atoms with Gasteiger partial charge in [-0.15, -0.1) is 5.10 Å². The molecule has 1 amide bonds. The molecule has 182 valence electrons. The van der Waals surface area contributed by atoms with Crippen LogP contribution in [0.4, 0.5) is 8.78 Å². The van der Waals surface area contributed by atoms with Gasteiger partial charge in [-0.05, 0) is 53.4 Å². The van der Waals surface area contributed by atoms with E-state index in [9.17, 15) is 13.6 Å². The minimum Gasteiger partial charge on any atom is -0.471 e. The van der Waals surface area contributed by atoms with Crippen molar-refractivity contribution < 1.29 is 18.3 Å². The second kappa shape index (κ2) is 10.4. The molecule has 0 aliphatic heterocycles. The normalized spacial score (nSPS) is 11.1. The highest BCUT2D eigenvalue weighted by molar-refractivity contribution is 5.96. The molecule has 2 heterocycles. The number of rotatable bonds is 9. The van der Waals surface area contributed by atoms with E-state index in [-0.39, 0.29) is 42.1 Å². The van der Waals surface area contributed by atoms with Gasteiger partial charge in [0.2, 0.25) is 5.88 Å². The first kappa shape index (κ1) is 23.3. The third kappa shape index (κ3) is 5.43. The summed E-state index contributed by atoms with van der Waals surface area (Å²) >= 11 is 0. The van der Waals surface area contributed by atoms with E-state index in [1.54, 1.807) is 30.5 Å². The number of nitrogens with zero attached hydrogens (tertiary/aromatic N) is 2. The molecule has 8 heteroatoms. The Kier molecular flexibility index (Phi) is 6.75. The van der Waals surface area contributed by atoms with E-state index in [1.807, 2.05) is 30.5 Å². The zero-order valence-electron chi connectivity index (χ0n) is 19.4. The monoisotopic (exact) mass is 486 g/mol. The quantitative estimate of drug-likeness (QED) is 0.299. The van der Waals surface area contributed by atoms with Crippen LogP contribution in [0.2, 0.25) is 0 Å². The molecular weight excluding hydrogens is 462 g/mol. The van der Waals surface area contributed by atoms with Crippen LogP contribution in [0.1, 0.15) is 27.0 Å². The second-order valence-electron chi connectivity index (χ2n) is 8.46. The maximum atomic E-state index is 13.6. The molecule has 0 fully saturated rings. The number of amides is 1. The number of benzene rings is 3. The number of carbonyl (C=O) groups is 1. The van der Waals surface area contributed by atoms with Crippen LogP contribution >= 0.6 is 0 Å². The van der Waals surface area contributed by atoms with Crippen LogP contribution in [0.3, 0.4) is 0 Å². The minimum absolute atomic E-state index is 0.0460. The van der Waals surface area contributed by atoms with Crippen LogP contribution in [-0.2, 0) is 19.6 Å². The fraction of sp³-hybridized carbons (Fsp3) is 0.143. The zero-order chi connectivity index (χ0) is 24.9. The number of aromatic amines is 1. The summed E-state index contributed by atoms with van der Waals surface area (Å²) in [5, 5.41) is 8.45. The largest absolute Gasteiger partial charge is 0.471 e. The Morgan fingerprint density at radius 2 is 1.72 bits per heavy atom. The minimum atomic E-state index is -0.372. The molecule has 3 aromatic carbocycles. The van der Waals surface area contributed by atoms with Crippen molar-refractivity contribution in [3.8, 4) is 5.88 Å². The Balaban J connectivity index is 1.31. The van der Waals surface area contributed by atoms with Gasteiger partial charge in [0, 0.05) is 29.8 Å². The number of H-pyrrole nitrogens is 1. The zero-order valence-corrected chi connectivity index (χ0v) is 19.4. The predicted octanol–water partition coefficient (Wildman–Crippen LogP) is 5.24. The first-order valence-electron chi connectivity index (χ1n) is 11.6. The molecule has 0 aliphatic carbocycles. The molecule has 0 atom stereocenters. The standard InChI is InChI=1S/C28H24F2N4O2/c29-22-7-3-5-19(13-22)16-34-17-25(28(33-34)36-18-20-6-4-8-23(30)14-20)27(35)31-12-11-21-15-32-26-10-2-1-9-24(21)26/h1-10,13-15,17,32H,11-12,16,18H2,(H,31,35). The fourth-order valence-electron chi connectivity index (χ4n) is 4.09. The van der Waals surface area contributed by atoms with Gasteiger partial charge in [0.05, 0.1) is 6.54 Å². The summed E-state index contributed by atoms with van der Waals surface area (Å²) in [6, 6.07) is 20.2. The summed E-state index contributed by atoms with van der Waals surface area (Å²) in [6.07, 6.45) is 4.17. The van der Waals surface area contributed by atoms with Crippen molar-refractivity contribution in [3.05, 3.63) is 119 Å². The molecule has 2 N–H and O–H groups in total. The molecule has 36 heavy (non-hydrogen) atoms. The maximum absolute atomic E-state index is 13.6. The van der Waals surface area contributed by atoms with E-state index in [0.29, 0.717) is 24.1 Å². The van der Waals surface area contributed by atoms with Crippen molar-refractivity contribution in [2.45, 2.75) is 19.6 Å². The average Bonchev–Trinajstić information content (AvgIpc) is 3.47. The number of fused-ring (bicyclic) bond motifs is 1. The SMILES string of the molecule is O=C(NCCc1c[nH]c2ccccc12)c1cn(Cc2cccc(F)c2)nc1OCc1cccc(F)c1. The van der Waals surface area contributed by atoms with E-state index >= 15 is 0 Å². The van der Waals surface area contributed by atoms with E-state index in [4.69, 9.17) is 4.74 Å². The Bertz CT molecular complexity index is 1510. The average molecular weight is 487 g/mol. The van der Waals surface area contributed by atoms with E-state index in [1.165, 1.54) is 28.9 Å². The van der Waals surface area contributed by atoms with Crippen LogP contribution in [0, 0.1) is 11.6 Å². The van der Waals surface area contributed by atoms with Crippen LogP contribution in [0.5, 0.6) is 5.88 Å². The van der Waals surface area contributed by atoms with Crippen molar-refractivity contribution in [3.63, 3.8) is 0 Å². The summed E-state index contributed by atoms with van der Waals surface area (Å²) in [6.45, 7) is 0.722. The molecule has 2 aromatic heterocycles. The lowest BCUT2D eigenvalue weighted by Gasteiger charge is -2.07. The molecule has 5 aromatic rings. The molecular formula is C28H24F2N4O2. The van der Waals surface area contributed by atoms with Crippen LogP contribution < -0.4 is 10.1 Å². The summed E-state index contributed by atoms with van der Waals surface area (Å²) in [7, 11) is 0. The Morgan fingerprint density at radius 1 is 0.972 bits per heavy atom. The lowest BCUT2D eigenvalue weighted by molar-refractivity contribution is 0.0949. The van der Waals surface area contributed by atoms with Gasteiger partial charge in [0.15, 0.2) is 0 Å². The summed E-state index contributed by atoms with van der Waals surface area (Å²) in [5.74, 6) is -0.935. The predicted molar refractivity (Wildman–Crippen MR) is 133 cm³/mol. The van der Waals surface area contributed by atoms with E-state index in [2.05, 4.69) is 15.4 Å². The smallest absolute Gasteiger partial charge is 0.258 e. The van der Waals surface area contributed by atoms with Gasteiger partial charge in [-0.1, -0.05) is 42.5 Å². The van der Waals surface area contributed by atoms with Gasteiger partial charge in [-0.2, -0.15) is 0 Å². The van der Waals surface area contributed by atoms with Crippen LogP contribution in [0.25, 0.3) is 10.9 Å². The van der Waals surface area contributed by atoms with Crippen molar-refractivity contribution in [1.82, 2.24) is 20.1 Å². The highest BCUT2D eigenvalue weighted by atomic mass is 19.1. The number of halogens is 2. The molecule has 0 bridgehead atoms. The molecule has 0 saturated carbocycles. The van der Waals surface area contributed by atoms with Crippen molar-refractivity contribution in [2.75, 3.05) is 6.54 Å². The molecule has 0 unspecified atom stereocenters. The molecule has 0 aliphatic rings. The second-order valence-corrected chi connectivity index (χ2v) is 8.46. The Hall–Kier alpha value is -4.46. The first-order valence-corrected chi connectivity index (χ1v) is 11.6. The highest BCUT2D eigenvalue weighted by Crippen LogP contribution is 2.20. The van der Waals surface area contributed by atoms with E-state index < -0.39 is 0 Å². The number of aromatic nitrogens is 3. The highest BCUT2D eigenvalue weighted by Gasteiger charge is 2.19. The number of ether oxygens (including phenoxy) is 1. The molecule has 0 radical (unpaired) electrons. The van der Waals surface area contributed by atoms with Crippen LogP contribution in [-0.4, -0.2) is 27.2 Å². The molecule has 5 rings (SSSR count). The number of hydrogen-bond acceptors (Lipinski definition) is 3. The Labute approximate surface area is 206 Å². The fourth-order valence-corrected chi connectivity index (χ4v) is 4.09. The van der Waals surface area contributed by atoms with Gasteiger partial charge < -0.3 is 15.0 Å². The lowest BCUT2D eigenvalue weighted by Crippen LogP contribution is -2.25. The van der Waals surface area contributed by atoms with Crippen molar-refractivity contribution >= 4 is 16.8 Å². The number of hydrogen-bond donors (Lipinski definition) is 2. The molecule has 0 saturated heterocycles. The van der Waals surface area contributed by atoms with Crippen LogP contribution in [0.15, 0.2) is 85.2 Å². The van der Waals surface area contributed by atoms with Gasteiger partial charge in [-0.25, -0.2) is 8.78 Å². The lowest BCUT2D eigenvalue weighted by atomic mass is 10.1. The van der Waals surface area contributed by atoms with Gasteiger partial charge in [0.1, 0.15) is 23.8 Å². The summed E-state index contributed by atoms with van der Waals surface area (Å²) < 4.78 is 34.5. The molecule has 0 spiro atoms.